The smallest absolute Gasteiger partial charge is 0.280 e. The topological polar surface area (TPSA) is 9.23 Å². The lowest BCUT2D eigenvalue weighted by Gasteiger charge is -1.85. The van der Waals surface area contributed by atoms with Crippen LogP contribution in [-0.2, 0) is 11.8 Å². The van der Waals surface area contributed by atoms with E-state index in [0.29, 0.717) is 0 Å². The third-order valence-electron chi connectivity index (χ3n) is 0.903. The first-order chi connectivity index (χ1) is 4.43. The first kappa shape index (κ1) is 6.66. The summed E-state index contributed by atoms with van der Waals surface area (Å²) in [4.78, 5) is 0. The molecule has 1 aromatic rings. The molecule has 0 aliphatic rings. The molecule has 0 saturated carbocycles. The molecule has 9 heavy (non-hydrogen) atoms. The fourth-order valence-electron chi connectivity index (χ4n) is 0.537. The molecule has 0 radical (unpaired) electrons. The molecule has 0 amide bonds. The van der Waals surface area contributed by atoms with E-state index in [1.165, 1.54) is 0 Å². The van der Waals surface area contributed by atoms with Crippen molar-refractivity contribution in [1.29, 1.82) is 0 Å². The van der Waals surface area contributed by atoms with Gasteiger partial charge in [0.1, 0.15) is 0 Å². The van der Waals surface area contributed by atoms with Crippen LogP contribution in [0.25, 0.3) is 0 Å². The van der Waals surface area contributed by atoms with Crippen molar-refractivity contribution in [1.82, 2.24) is 0 Å². The van der Waals surface area contributed by atoms with Gasteiger partial charge in [0, 0.05) is 0 Å². The van der Waals surface area contributed by atoms with Gasteiger partial charge in [-0.2, -0.15) is 0 Å². The average Bonchev–Trinajstić information content (AvgIpc) is 1.91. The molecule has 0 heterocycles. The van der Waals surface area contributed by atoms with Gasteiger partial charge in [0.05, 0.1) is 0 Å². The second-order valence-electron chi connectivity index (χ2n) is 1.50. The van der Waals surface area contributed by atoms with Gasteiger partial charge in [0.2, 0.25) is 11.8 Å². The lowest BCUT2D eigenvalue weighted by atomic mass is 10.3. The van der Waals surface area contributed by atoms with Crippen LogP contribution in [0.3, 0.4) is 0 Å². The summed E-state index contributed by atoms with van der Waals surface area (Å²) in [6.07, 6.45) is 0. The van der Waals surface area contributed by atoms with E-state index in [0.717, 1.165) is 5.75 Å². The second-order valence-corrected chi connectivity index (χ2v) is 2.37. The molecule has 0 fully saturated rings. The minimum atomic E-state index is 0.119. The maximum Gasteiger partial charge on any atom is 0.373 e. The van der Waals surface area contributed by atoms with Gasteiger partial charge in [0.25, 0.3) is 0 Å². The third kappa shape index (κ3) is 2.08. The molecule has 1 aromatic carbocycles. The Hall–Kier alpha value is -0.460. The van der Waals surface area contributed by atoms with Gasteiger partial charge in [-0.3, -0.25) is 4.52 Å². The normalized spacial score (nSPS) is 9.33. The monoisotopic (exact) mass is 157 g/mol. The third-order valence-corrected chi connectivity index (χ3v) is 1.47. The van der Waals surface area contributed by atoms with Crippen LogP contribution in [0.5, 0.6) is 5.75 Å². The lowest BCUT2D eigenvalue weighted by Crippen LogP contribution is -1.70. The van der Waals surface area contributed by atoms with Crippen molar-refractivity contribution >= 4 is 19.4 Å². The molecular formula is C6H6OPS+. The zero-order chi connectivity index (χ0) is 6.53. The fraction of sp³-hybridized carbons (Fsp3) is 0. The van der Waals surface area contributed by atoms with Crippen LogP contribution < -0.4 is 4.52 Å². The Bertz CT molecular complexity index is 188. The van der Waals surface area contributed by atoms with Crippen LogP contribution in [0.15, 0.2) is 30.3 Å². The van der Waals surface area contributed by atoms with Crippen molar-refractivity contribution in [2.45, 2.75) is 0 Å². The summed E-state index contributed by atoms with van der Waals surface area (Å²) >= 11 is 4.64. The molecule has 1 atom stereocenters. The predicted octanol–water partition coefficient (Wildman–Crippen LogP) is 2.12. The van der Waals surface area contributed by atoms with Crippen LogP contribution in [0.1, 0.15) is 0 Å². The fourth-order valence-corrected chi connectivity index (χ4v) is 1.06. The highest BCUT2D eigenvalue weighted by Gasteiger charge is 1.90. The van der Waals surface area contributed by atoms with Crippen molar-refractivity contribution in [2.75, 3.05) is 0 Å². The molecule has 0 aromatic heterocycles. The van der Waals surface area contributed by atoms with Gasteiger partial charge < -0.3 is 0 Å². The van der Waals surface area contributed by atoms with Crippen molar-refractivity contribution < 1.29 is 4.52 Å². The van der Waals surface area contributed by atoms with Gasteiger partial charge in [-0.25, -0.2) is 0 Å². The van der Waals surface area contributed by atoms with E-state index < -0.39 is 0 Å². The summed E-state index contributed by atoms with van der Waals surface area (Å²) in [5.74, 6) is 0.853. The Kier molecular flexibility index (Phi) is 2.62. The van der Waals surface area contributed by atoms with E-state index in [1.54, 1.807) is 0 Å². The molecule has 0 spiro atoms. The van der Waals surface area contributed by atoms with E-state index in [9.17, 15) is 0 Å². The molecular weight excluding hydrogens is 151 g/mol. The van der Waals surface area contributed by atoms with Crippen LogP contribution in [0.4, 0.5) is 0 Å². The molecule has 3 heteroatoms. The first-order valence-electron chi connectivity index (χ1n) is 2.52. The van der Waals surface area contributed by atoms with E-state index in [4.69, 9.17) is 4.52 Å². The summed E-state index contributed by atoms with van der Waals surface area (Å²) in [6, 6.07) is 9.56. The summed E-state index contributed by atoms with van der Waals surface area (Å²) in [7, 11) is 0.119. The molecule has 1 unspecified atom stereocenters. The molecule has 46 valence electrons. The Morgan fingerprint density at radius 2 is 1.89 bits per heavy atom. The number of para-hydroxylation sites is 1. The van der Waals surface area contributed by atoms with Gasteiger partial charge >= 0.3 is 7.58 Å². The zero-order valence-electron chi connectivity index (χ0n) is 4.70. The maximum atomic E-state index is 5.05. The van der Waals surface area contributed by atoms with E-state index >= 15 is 0 Å². The zero-order valence-corrected chi connectivity index (χ0v) is 6.52. The highest BCUT2D eigenvalue weighted by atomic mass is 32.4. The van der Waals surface area contributed by atoms with Crippen molar-refractivity contribution in [3.8, 4) is 5.75 Å². The summed E-state index contributed by atoms with van der Waals surface area (Å²) in [5, 5.41) is 0. The van der Waals surface area contributed by atoms with Crippen molar-refractivity contribution in [3.05, 3.63) is 30.3 Å². The van der Waals surface area contributed by atoms with Gasteiger partial charge in [0.15, 0.2) is 5.75 Å². The molecule has 0 aliphatic carbocycles. The average molecular weight is 157 g/mol. The van der Waals surface area contributed by atoms with Crippen LogP contribution >= 0.6 is 7.58 Å². The quantitative estimate of drug-likeness (QED) is 0.608. The van der Waals surface area contributed by atoms with Gasteiger partial charge in [-0.05, 0) is 12.1 Å². The highest BCUT2D eigenvalue weighted by molar-refractivity contribution is 7.94. The number of benzene rings is 1. The van der Waals surface area contributed by atoms with Gasteiger partial charge in [-0.15, -0.1) is 0 Å². The molecule has 0 N–H and O–H groups in total. The predicted molar refractivity (Wildman–Crippen MR) is 42.8 cm³/mol. The molecule has 0 bridgehead atoms. The Balaban J connectivity index is 2.72. The van der Waals surface area contributed by atoms with Crippen LogP contribution in [0.2, 0.25) is 0 Å². The number of rotatable bonds is 2. The minimum Gasteiger partial charge on any atom is -0.280 e. The number of hydrogen-bond donors (Lipinski definition) is 0. The van der Waals surface area contributed by atoms with Crippen molar-refractivity contribution in [3.63, 3.8) is 0 Å². The van der Waals surface area contributed by atoms with Crippen molar-refractivity contribution in [2.24, 2.45) is 0 Å². The highest BCUT2D eigenvalue weighted by Crippen LogP contribution is 2.12. The summed E-state index contributed by atoms with van der Waals surface area (Å²) < 4.78 is 5.05. The first-order valence-corrected chi connectivity index (χ1v) is 4.56. The van der Waals surface area contributed by atoms with E-state index in [-0.39, 0.29) is 7.58 Å². The lowest BCUT2D eigenvalue weighted by molar-refractivity contribution is 0.644. The Labute approximate surface area is 60.6 Å². The largest absolute Gasteiger partial charge is 0.373 e. The second kappa shape index (κ2) is 3.54. The Morgan fingerprint density at radius 3 is 2.44 bits per heavy atom. The Morgan fingerprint density at radius 1 is 1.22 bits per heavy atom. The van der Waals surface area contributed by atoms with E-state index in [2.05, 4.69) is 11.8 Å². The van der Waals surface area contributed by atoms with Crippen LogP contribution in [-0.4, -0.2) is 0 Å². The van der Waals surface area contributed by atoms with Gasteiger partial charge in [-0.1, -0.05) is 18.2 Å². The number of hydrogen-bond acceptors (Lipinski definition) is 2. The maximum absolute atomic E-state index is 5.05. The van der Waals surface area contributed by atoms with Crippen LogP contribution in [0, 0.1) is 0 Å². The summed E-state index contributed by atoms with van der Waals surface area (Å²) in [5.41, 5.74) is 0. The molecule has 0 aliphatic heterocycles. The summed E-state index contributed by atoms with van der Waals surface area (Å²) in [6.45, 7) is 0. The molecule has 1 nitrogen and oxygen atoms in total. The molecule has 1 rings (SSSR count). The standard InChI is InChI=1S/C6H5OPS/c9-8-7-6-4-2-1-3-5-6/h1-5H/p+1. The van der Waals surface area contributed by atoms with E-state index in [1.807, 2.05) is 30.3 Å². The SMILES string of the molecule is S=[PH+]Oc1ccccc1. The molecule has 0 saturated heterocycles. The minimum absolute atomic E-state index is 0.119.